The summed E-state index contributed by atoms with van der Waals surface area (Å²) >= 11 is 0. The topological polar surface area (TPSA) is 99.8 Å². The molecule has 36 heavy (non-hydrogen) atoms. The summed E-state index contributed by atoms with van der Waals surface area (Å²) in [5.74, 6) is 0.208. The van der Waals surface area contributed by atoms with E-state index in [0.717, 1.165) is 37.4 Å². The van der Waals surface area contributed by atoms with Gasteiger partial charge in [0.1, 0.15) is 11.5 Å². The fourth-order valence-electron chi connectivity index (χ4n) is 5.29. The van der Waals surface area contributed by atoms with Crippen LogP contribution >= 0.6 is 0 Å². The normalized spacial score (nSPS) is 19.7. The van der Waals surface area contributed by atoms with Crippen molar-refractivity contribution in [1.29, 1.82) is 5.26 Å². The van der Waals surface area contributed by atoms with Gasteiger partial charge in [-0.05, 0) is 25.8 Å². The lowest BCUT2D eigenvalue weighted by molar-refractivity contribution is 0.0985. The molecule has 10 nitrogen and oxygen atoms in total. The first-order valence-corrected chi connectivity index (χ1v) is 12.3. The van der Waals surface area contributed by atoms with E-state index in [1.54, 1.807) is 28.4 Å². The van der Waals surface area contributed by atoms with Gasteiger partial charge in [-0.2, -0.15) is 14.8 Å². The lowest BCUT2D eigenvalue weighted by Gasteiger charge is -2.49. The summed E-state index contributed by atoms with van der Waals surface area (Å²) in [7, 11) is 1.72. The second-order valence-electron chi connectivity index (χ2n) is 9.41. The van der Waals surface area contributed by atoms with Crippen LogP contribution in [-0.4, -0.2) is 58.9 Å². The van der Waals surface area contributed by atoms with Gasteiger partial charge in [0.2, 0.25) is 5.95 Å². The van der Waals surface area contributed by atoms with Gasteiger partial charge in [-0.1, -0.05) is 13.8 Å². The van der Waals surface area contributed by atoms with E-state index in [9.17, 15) is 9.18 Å². The van der Waals surface area contributed by atoms with Gasteiger partial charge in [-0.3, -0.25) is 14.3 Å². The molecule has 0 spiro atoms. The Morgan fingerprint density at radius 1 is 1.17 bits per heavy atom. The van der Waals surface area contributed by atoms with Crippen molar-refractivity contribution in [3.8, 4) is 6.07 Å². The second kappa shape index (κ2) is 9.35. The van der Waals surface area contributed by atoms with Gasteiger partial charge >= 0.3 is 0 Å². The third-order valence-electron chi connectivity index (χ3n) is 7.36. The fraction of sp³-hybridized carbons (Fsp3) is 0.480. The molecule has 0 amide bonds. The number of hydrogen-bond donors (Lipinski definition) is 0. The molecule has 1 fully saturated rings. The molecule has 0 aliphatic carbocycles. The molecule has 0 N–H and O–H groups in total. The fourth-order valence-corrected chi connectivity index (χ4v) is 5.29. The molecule has 1 aliphatic rings. The highest BCUT2D eigenvalue weighted by Gasteiger charge is 2.37. The number of nitriles is 1. The van der Waals surface area contributed by atoms with Crippen LogP contribution in [0.4, 0.5) is 10.2 Å². The van der Waals surface area contributed by atoms with E-state index in [2.05, 4.69) is 51.8 Å². The highest BCUT2D eigenvalue weighted by Crippen LogP contribution is 2.31. The molecule has 0 bridgehead atoms. The molecule has 0 unspecified atom stereocenters. The number of anilines is 1. The van der Waals surface area contributed by atoms with Gasteiger partial charge in [0.05, 0.1) is 23.9 Å². The third-order valence-corrected chi connectivity index (χ3v) is 7.36. The lowest BCUT2D eigenvalue weighted by atomic mass is 9.99. The molecule has 1 saturated heterocycles. The highest BCUT2D eigenvalue weighted by molar-refractivity contribution is 5.52. The first-order valence-electron chi connectivity index (χ1n) is 12.3. The Bertz CT molecular complexity index is 1510. The van der Waals surface area contributed by atoms with Crippen molar-refractivity contribution in [2.24, 2.45) is 7.05 Å². The van der Waals surface area contributed by atoms with Crippen LogP contribution < -0.4 is 10.5 Å². The zero-order chi connectivity index (χ0) is 25.6. The number of halogens is 1. The van der Waals surface area contributed by atoms with Crippen LogP contribution in [0.3, 0.4) is 0 Å². The predicted molar refractivity (Wildman–Crippen MR) is 133 cm³/mol. The zero-order valence-electron chi connectivity index (χ0n) is 21.0. The summed E-state index contributed by atoms with van der Waals surface area (Å²) in [6, 6.07) is 9.21. The number of aryl methyl sites for hydroxylation is 1. The minimum absolute atomic E-state index is 0.0182. The largest absolute Gasteiger partial charge is 0.351 e. The molecule has 4 aromatic heterocycles. The van der Waals surface area contributed by atoms with Crippen LogP contribution in [0.25, 0.3) is 11.3 Å². The zero-order valence-corrected chi connectivity index (χ0v) is 21.0. The number of hydrogen-bond acceptors (Lipinski definition) is 7. The molecular formula is C25H30FN9O. The van der Waals surface area contributed by atoms with Crippen molar-refractivity contribution in [1.82, 2.24) is 33.7 Å². The second-order valence-corrected chi connectivity index (χ2v) is 9.41. The van der Waals surface area contributed by atoms with Gasteiger partial charge in [-0.15, -0.1) is 5.10 Å². The molecule has 5 rings (SSSR count). The maximum Gasteiger partial charge on any atom is 0.255 e. The van der Waals surface area contributed by atoms with E-state index in [-0.39, 0.29) is 30.1 Å². The minimum Gasteiger partial charge on any atom is -0.351 e. The monoisotopic (exact) mass is 491 g/mol. The average Bonchev–Trinajstić information content (AvgIpc) is 3.47. The SMILES string of the molecule is CC[C@H]1CN([C@H](C)c2ccn3nc(F)cc3n2)[C@H](CC)CN1c1cc(=O)n(C)c2cc(CC#N)nn12. The average molecular weight is 492 g/mol. The maximum atomic E-state index is 13.6. The first kappa shape index (κ1) is 23.9. The Hall–Kier alpha value is -3.78. The van der Waals surface area contributed by atoms with Crippen molar-refractivity contribution < 1.29 is 4.39 Å². The van der Waals surface area contributed by atoms with Crippen molar-refractivity contribution in [2.45, 2.75) is 58.2 Å². The van der Waals surface area contributed by atoms with Gasteiger partial charge in [0, 0.05) is 62.7 Å². The van der Waals surface area contributed by atoms with Crippen molar-refractivity contribution in [3.63, 3.8) is 0 Å². The first-order chi connectivity index (χ1) is 17.3. The quantitative estimate of drug-likeness (QED) is 0.409. The summed E-state index contributed by atoms with van der Waals surface area (Å²) in [5.41, 5.74) is 2.57. The molecule has 3 atom stereocenters. The molecular weight excluding hydrogens is 461 g/mol. The molecule has 11 heteroatoms. The maximum absolute atomic E-state index is 13.6. The number of aromatic nitrogens is 6. The number of piperazine rings is 1. The number of nitrogens with zero attached hydrogens (tertiary/aromatic N) is 9. The molecule has 0 radical (unpaired) electrons. The van der Waals surface area contributed by atoms with E-state index in [0.29, 0.717) is 17.0 Å². The Balaban J connectivity index is 1.50. The van der Waals surface area contributed by atoms with Gasteiger partial charge < -0.3 is 4.90 Å². The van der Waals surface area contributed by atoms with Crippen LogP contribution in [0.2, 0.25) is 0 Å². The van der Waals surface area contributed by atoms with Gasteiger partial charge in [-0.25, -0.2) is 14.0 Å². The van der Waals surface area contributed by atoms with Crippen molar-refractivity contribution in [2.75, 3.05) is 18.0 Å². The van der Waals surface area contributed by atoms with Gasteiger partial charge in [0.15, 0.2) is 5.65 Å². The number of fused-ring (bicyclic) bond motifs is 2. The minimum atomic E-state index is -0.546. The molecule has 1 aliphatic heterocycles. The van der Waals surface area contributed by atoms with Crippen LogP contribution in [0.5, 0.6) is 0 Å². The van der Waals surface area contributed by atoms with E-state index in [1.807, 2.05) is 12.1 Å². The molecule has 0 saturated carbocycles. The Kier molecular flexibility index (Phi) is 6.22. The van der Waals surface area contributed by atoms with Crippen LogP contribution in [-0.2, 0) is 13.5 Å². The molecule has 4 aromatic rings. The summed E-state index contributed by atoms with van der Waals surface area (Å²) in [6.07, 6.45) is 3.73. The van der Waals surface area contributed by atoms with E-state index >= 15 is 0 Å². The predicted octanol–water partition coefficient (Wildman–Crippen LogP) is 2.72. The van der Waals surface area contributed by atoms with E-state index < -0.39 is 5.95 Å². The highest BCUT2D eigenvalue weighted by atomic mass is 19.1. The Morgan fingerprint density at radius 2 is 1.94 bits per heavy atom. The van der Waals surface area contributed by atoms with Crippen LogP contribution in [0.1, 0.15) is 51.0 Å². The summed E-state index contributed by atoms with van der Waals surface area (Å²) in [5, 5.41) is 17.6. The van der Waals surface area contributed by atoms with E-state index in [1.165, 1.54) is 10.6 Å². The smallest absolute Gasteiger partial charge is 0.255 e. The molecule has 5 heterocycles. The van der Waals surface area contributed by atoms with Crippen molar-refractivity contribution in [3.05, 3.63) is 58.2 Å². The summed E-state index contributed by atoms with van der Waals surface area (Å²) in [4.78, 5) is 22.3. The third kappa shape index (κ3) is 4.01. The summed E-state index contributed by atoms with van der Waals surface area (Å²) in [6.45, 7) is 7.94. The molecule has 188 valence electrons. The number of rotatable bonds is 6. The van der Waals surface area contributed by atoms with Crippen molar-refractivity contribution >= 4 is 17.1 Å². The van der Waals surface area contributed by atoms with Crippen LogP contribution in [0.15, 0.2) is 35.3 Å². The Morgan fingerprint density at radius 3 is 2.67 bits per heavy atom. The van der Waals surface area contributed by atoms with Gasteiger partial charge in [0.25, 0.3) is 5.56 Å². The summed E-state index contributed by atoms with van der Waals surface area (Å²) < 4.78 is 18.4. The molecule has 0 aromatic carbocycles. The van der Waals surface area contributed by atoms with Crippen LogP contribution in [0, 0.1) is 17.3 Å². The lowest BCUT2D eigenvalue weighted by Crippen LogP contribution is -2.59. The van der Waals surface area contributed by atoms with E-state index in [4.69, 9.17) is 5.26 Å². The standard InChI is InChI=1S/C25H30FN9O/c1-5-18-15-33(24-13-25(36)31(4)23-11-17(7-9-27)29-35(23)24)19(6-2)14-32(18)16(3)20-8-10-34-22(28-20)12-21(26)30-34/h8,10-13,16,18-19H,5-7,14-15H2,1-4H3/t16-,18-,19+/m1/s1. The Labute approximate surface area is 208 Å².